The molecule has 0 bridgehead atoms. The van der Waals surface area contributed by atoms with Gasteiger partial charge in [0.25, 0.3) is 0 Å². The van der Waals surface area contributed by atoms with Gasteiger partial charge in [0.1, 0.15) is 11.9 Å². The van der Waals surface area contributed by atoms with Gasteiger partial charge >= 0.3 is 0 Å². The molecule has 1 amide bonds. The van der Waals surface area contributed by atoms with Gasteiger partial charge in [-0.3, -0.25) is 4.79 Å². The normalized spacial score (nSPS) is 12.3. The average Bonchev–Trinajstić information content (AvgIpc) is 3.17. The molecule has 5 heteroatoms. The van der Waals surface area contributed by atoms with Gasteiger partial charge in [-0.2, -0.15) is 0 Å². The van der Waals surface area contributed by atoms with E-state index < -0.39 is 0 Å². The number of nitrogens with zero attached hydrogens (tertiary/aromatic N) is 2. The monoisotopic (exact) mass is 401 g/mol. The van der Waals surface area contributed by atoms with Gasteiger partial charge in [-0.25, -0.2) is 4.98 Å². The molecule has 1 N–H and O–H groups in total. The molecule has 0 fully saturated rings. The van der Waals surface area contributed by atoms with E-state index >= 15 is 0 Å². The number of halogens is 1. The molecule has 0 saturated carbocycles. The lowest BCUT2D eigenvalue weighted by Crippen LogP contribution is -2.29. The number of rotatable bonds is 5. The molecule has 144 valence electrons. The Morgan fingerprint density at radius 3 is 2.59 bits per heavy atom. The lowest BCUT2D eigenvalue weighted by atomic mass is 10.0. The van der Waals surface area contributed by atoms with Gasteiger partial charge in [0.2, 0.25) is 5.91 Å². The van der Waals surface area contributed by atoms with Crippen LogP contribution in [0.1, 0.15) is 23.0 Å². The minimum Gasteiger partial charge on any atom is -0.339 e. The van der Waals surface area contributed by atoms with Gasteiger partial charge in [-0.15, -0.1) is 0 Å². The van der Waals surface area contributed by atoms with Crippen LogP contribution in [0.15, 0.2) is 85.2 Å². The first-order valence-corrected chi connectivity index (χ1v) is 9.68. The Bertz CT molecular complexity index is 1170. The average molecular weight is 402 g/mol. The molecule has 1 unspecified atom stereocenters. The van der Waals surface area contributed by atoms with E-state index in [9.17, 15) is 4.79 Å². The number of hydrogen-bond acceptors (Lipinski definition) is 2. The van der Waals surface area contributed by atoms with Crippen LogP contribution >= 0.6 is 11.6 Å². The zero-order valence-electron chi connectivity index (χ0n) is 15.9. The standard InChI is InChI=1S/C24H20ClN3O/c1-28-16-15-26-24(28)23(19-9-12-20(25)13-10-19)27-22(29)14-11-18-7-4-6-17-5-2-3-8-21(17)18/h2-16,23H,1H3,(H,27,29)/b14-11+. The predicted octanol–water partition coefficient (Wildman–Crippen LogP) is 5.15. The Kier molecular flexibility index (Phi) is 5.45. The maximum atomic E-state index is 12.7. The molecule has 3 aromatic carbocycles. The number of aromatic nitrogens is 2. The fourth-order valence-electron chi connectivity index (χ4n) is 3.36. The smallest absolute Gasteiger partial charge is 0.244 e. The lowest BCUT2D eigenvalue weighted by molar-refractivity contribution is -0.117. The Morgan fingerprint density at radius 2 is 1.83 bits per heavy atom. The Labute approximate surface area is 174 Å². The molecule has 4 rings (SSSR count). The van der Waals surface area contributed by atoms with Gasteiger partial charge in [0.05, 0.1) is 0 Å². The molecular formula is C24H20ClN3O. The Hall–Kier alpha value is -3.37. The quantitative estimate of drug-likeness (QED) is 0.470. The van der Waals surface area contributed by atoms with Gasteiger partial charge in [0, 0.05) is 30.5 Å². The molecule has 1 aromatic heterocycles. The first-order chi connectivity index (χ1) is 14.1. The van der Waals surface area contributed by atoms with Crippen LogP contribution < -0.4 is 5.32 Å². The fourth-order valence-corrected chi connectivity index (χ4v) is 3.49. The number of carbonyl (C=O) groups excluding carboxylic acids is 1. The summed E-state index contributed by atoms with van der Waals surface area (Å²) in [5, 5.41) is 5.96. The number of hydrogen-bond donors (Lipinski definition) is 1. The summed E-state index contributed by atoms with van der Waals surface area (Å²) >= 11 is 6.02. The van der Waals surface area contributed by atoms with E-state index in [4.69, 9.17) is 11.6 Å². The van der Waals surface area contributed by atoms with E-state index in [0.717, 1.165) is 27.7 Å². The van der Waals surface area contributed by atoms with Crippen LogP contribution in [0.25, 0.3) is 16.8 Å². The SMILES string of the molecule is Cn1ccnc1C(NC(=O)/C=C/c1cccc2ccccc12)c1ccc(Cl)cc1. The number of nitrogens with one attached hydrogen (secondary N) is 1. The fraction of sp³-hybridized carbons (Fsp3) is 0.0833. The largest absolute Gasteiger partial charge is 0.339 e. The topological polar surface area (TPSA) is 46.9 Å². The molecule has 0 saturated heterocycles. The van der Waals surface area contributed by atoms with Crippen molar-refractivity contribution in [1.29, 1.82) is 0 Å². The summed E-state index contributed by atoms with van der Waals surface area (Å²) in [6.45, 7) is 0. The molecule has 1 heterocycles. The molecule has 0 aliphatic carbocycles. The second-order valence-corrected chi connectivity index (χ2v) is 7.23. The Balaban J connectivity index is 1.60. The molecule has 0 aliphatic rings. The predicted molar refractivity (Wildman–Crippen MR) is 118 cm³/mol. The minimum atomic E-state index is -0.378. The highest BCUT2D eigenvalue weighted by Gasteiger charge is 2.19. The second-order valence-electron chi connectivity index (χ2n) is 6.79. The van der Waals surface area contributed by atoms with Crippen molar-refractivity contribution in [3.05, 3.63) is 107 Å². The third-order valence-corrected chi connectivity index (χ3v) is 5.10. The van der Waals surface area contributed by atoms with Gasteiger partial charge in [-0.05, 0) is 40.1 Å². The van der Waals surface area contributed by atoms with Crippen molar-refractivity contribution in [3.8, 4) is 0 Å². The lowest BCUT2D eigenvalue weighted by Gasteiger charge is -2.18. The number of carbonyl (C=O) groups is 1. The zero-order valence-corrected chi connectivity index (χ0v) is 16.7. The Morgan fingerprint density at radius 1 is 1.07 bits per heavy atom. The number of imidazole rings is 1. The van der Waals surface area contributed by atoms with Crippen LogP contribution in [0, 0.1) is 0 Å². The first-order valence-electron chi connectivity index (χ1n) is 9.31. The van der Waals surface area contributed by atoms with E-state index in [-0.39, 0.29) is 11.9 Å². The van der Waals surface area contributed by atoms with Crippen molar-refractivity contribution < 1.29 is 4.79 Å². The highest BCUT2D eigenvalue weighted by Crippen LogP contribution is 2.23. The summed E-state index contributed by atoms with van der Waals surface area (Å²) in [5.74, 6) is 0.556. The highest BCUT2D eigenvalue weighted by molar-refractivity contribution is 6.30. The van der Waals surface area contributed by atoms with E-state index in [1.165, 1.54) is 0 Å². The number of benzene rings is 3. The molecule has 4 aromatic rings. The number of fused-ring (bicyclic) bond motifs is 1. The van der Waals surface area contributed by atoms with Crippen molar-refractivity contribution in [3.63, 3.8) is 0 Å². The summed E-state index contributed by atoms with van der Waals surface area (Å²) < 4.78 is 1.90. The van der Waals surface area contributed by atoms with Crippen molar-refractivity contribution in [1.82, 2.24) is 14.9 Å². The third kappa shape index (κ3) is 4.23. The summed E-state index contributed by atoms with van der Waals surface area (Å²) in [7, 11) is 1.91. The van der Waals surface area contributed by atoms with Gasteiger partial charge in [0.15, 0.2) is 0 Å². The summed E-state index contributed by atoms with van der Waals surface area (Å²) in [4.78, 5) is 17.2. The molecular weight excluding hydrogens is 382 g/mol. The first kappa shape index (κ1) is 19.0. The third-order valence-electron chi connectivity index (χ3n) is 4.84. The van der Waals surface area contributed by atoms with E-state index in [1.54, 1.807) is 12.3 Å². The number of amides is 1. The second kappa shape index (κ2) is 8.33. The van der Waals surface area contributed by atoms with E-state index in [2.05, 4.69) is 28.5 Å². The molecule has 29 heavy (non-hydrogen) atoms. The number of aryl methyl sites for hydroxylation is 1. The molecule has 4 nitrogen and oxygen atoms in total. The molecule has 1 atom stereocenters. The van der Waals surface area contributed by atoms with Crippen LogP contribution in [0.3, 0.4) is 0 Å². The highest BCUT2D eigenvalue weighted by atomic mass is 35.5. The van der Waals surface area contributed by atoms with Crippen molar-refractivity contribution in [2.24, 2.45) is 7.05 Å². The maximum Gasteiger partial charge on any atom is 0.244 e. The zero-order chi connectivity index (χ0) is 20.2. The molecule has 0 radical (unpaired) electrons. The van der Waals surface area contributed by atoms with Gasteiger partial charge in [-0.1, -0.05) is 66.2 Å². The van der Waals surface area contributed by atoms with Crippen LogP contribution in [-0.2, 0) is 11.8 Å². The van der Waals surface area contributed by atoms with Gasteiger partial charge < -0.3 is 9.88 Å². The summed E-state index contributed by atoms with van der Waals surface area (Å²) in [6, 6.07) is 21.2. The van der Waals surface area contributed by atoms with Crippen molar-refractivity contribution >= 4 is 34.4 Å². The van der Waals surface area contributed by atoms with Crippen LogP contribution in [0.5, 0.6) is 0 Å². The minimum absolute atomic E-state index is 0.194. The van der Waals surface area contributed by atoms with Crippen LogP contribution in [0.4, 0.5) is 0 Å². The molecule has 0 spiro atoms. The maximum absolute atomic E-state index is 12.7. The summed E-state index contributed by atoms with van der Waals surface area (Å²) in [5.41, 5.74) is 1.91. The van der Waals surface area contributed by atoms with E-state index in [0.29, 0.717) is 5.02 Å². The van der Waals surface area contributed by atoms with Crippen LogP contribution in [-0.4, -0.2) is 15.5 Å². The van der Waals surface area contributed by atoms with Crippen LogP contribution in [0.2, 0.25) is 5.02 Å². The van der Waals surface area contributed by atoms with E-state index in [1.807, 2.05) is 72.4 Å². The summed E-state index contributed by atoms with van der Waals surface area (Å²) in [6.07, 6.45) is 6.98. The van der Waals surface area contributed by atoms with Crippen molar-refractivity contribution in [2.45, 2.75) is 6.04 Å². The molecule has 0 aliphatic heterocycles. The van der Waals surface area contributed by atoms with Crippen molar-refractivity contribution in [2.75, 3.05) is 0 Å².